The van der Waals surface area contributed by atoms with Crippen LogP contribution in [0.25, 0.3) is 0 Å². The highest BCUT2D eigenvalue weighted by atomic mass is 16.5. The summed E-state index contributed by atoms with van der Waals surface area (Å²) >= 11 is 0. The summed E-state index contributed by atoms with van der Waals surface area (Å²) in [5.74, 6) is 0.411. The molecule has 0 aromatic heterocycles. The number of ether oxygens (including phenoxy) is 1. The zero-order chi connectivity index (χ0) is 8.85. The average Bonchev–Trinajstić information content (AvgIpc) is 1.98. The number of carbonyl (C=O) groups excluding carboxylic acids is 1. The topological polar surface area (TPSA) is 26.3 Å². The summed E-state index contributed by atoms with van der Waals surface area (Å²) in [7, 11) is 1.45. The second-order valence-electron chi connectivity index (χ2n) is 3.16. The monoisotopic (exact) mass is 158 g/mol. The standard InChI is InChI=1S/C9H18O2/c1-5-6-8(7(2)3)9(10)11-4/h7-8H,5-6H2,1-4H3/t8-/m1/s1. The van der Waals surface area contributed by atoms with Crippen molar-refractivity contribution in [3.63, 3.8) is 0 Å². The lowest BCUT2D eigenvalue weighted by Gasteiger charge is -2.16. The van der Waals surface area contributed by atoms with Crippen LogP contribution in [0, 0.1) is 11.8 Å². The van der Waals surface area contributed by atoms with Crippen LogP contribution in [0.4, 0.5) is 0 Å². The molecule has 0 spiro atoms. The Morgan fingerprint density at radius 1 is 1.45 bits per heavy atom. The average molecular weight is 158 g/mol. The largest absolute Gasteiger partial charge is 0.469 e. The molecular weight excluding hydrogens is 140 g/mol. The Labute approximate surface area is 68.9 Å². The summed E-state index contributed by atoms with van der Waals surface area (Å²) in [4.78, 5) is 11.1. The van der Waals surface area contributed by atoms with E-state index in [0.717, 1.165) is 12.8 Å². The summed E-state index contributed by atoms with van der Waals surface area (Å²) in [5, 5.41) is 0. The first kappa shape index (κ1) is 10.5. The SMILES string of the molecule is CCC[C@@H](C(=O)OC)C(C)C. The van der Waals surface area contributed by atoms with Crippen molar-refractivity contribution >= 4 is 5.97 Å². The summed E-state index contributed by atoms with van der Waals surface area (Å²) in [6.45, 7) is 6.19. The van der Waals surface area contributed by atoms with Gasteiger partial charge in [-0.25, -0.2) is 0 Å². The fraction of sp³-hybridized carbons (Fsp3) is 0.889. The number of methoxy groups -OCH3 is 1. The molecule has 0 fully saturated rings. The van der Waals surface area contributed by atoms with Crippen LogP contribution in [0.1, 0.15) is 33.6 Å². The number of rotatable bonds is 4. The number of carbonyl (C=O) groups is 1. The second kappa shape index (κ2) is 5.16. The molecule has 0 radical (unpaired) electrons. The highest BCUT2D eigenvalue weighted by Gasteiger charge is 2.21. The lowest BCUT2D eigenvalue weighted by atomic mass is 9.92. The first-order valence-corrected chi connectivity index (χ1v) is 4.21. The summed E-state index contributed by atoms with van der Waals surface area (Å²) in [5.41, 5.74) is 0. The van der Waals surface area contributed by atoms with Gasteiger partial charge in [0.1, 0.15) is 0 Å². The Kier molecular flexibility index (Phi) is 4.92. The third kappa shape index (κ3) is 3.40. The fourth-order valence-corrected chi connectivity index (χ4v) is 1.19. The van der Waals surface area contributed by atoms with Crippen LogP contribution in [0.2, 0.25) is 0 Å². The van der Waals surface area contributed by atoms with E-state index in [9.17, 15) is 4.79 Å². The third-order valence-electron chi connectivity index (χ3n) is 1.91. The van der Waals surface area contributed by atoms with Crippen molar-refractivity contribution in [2.75, 3.05) is 7.11 Å². The zero-order valence-corrected chi connectivity index (χ0v) is 7.89. The fourth-order valence-electron chi connectivity index (χ4n) is 1.19. The van der Waals surface area contributed by atoms with Gasteiger partial charge in [0.2, 0.25) is 0 Å². The van der Waals surface area contributed by atoms with E-state index in [-0.39, 0.29) is 11.9 Å². The van der Waals surface area contributed by atoms with Crippen LogP contribution in [-0.4, -0.2) is 13.1 Å². The van der Waals surface area contributed by atoms with Crippen molar-refractivity contribution in [3.05, 3.63) is 0 Å². The van der Waals surface area contributed by atoms with E-state index >= 15 is 0 Å². The molecule has 1 atom stereocenters. The van der Waals surface area contributed by atoms with Gasteiger partial charge in [-0.1, -0.05) is 27.2 Å². The van der Waals surface area contributed by atoms with Crippen LogP contribution in [0.3, 0.4) is 0 Å². The Hall–Kier alpha value is -0.530. The minimum absolute atomic E-state index is 0.0677. The van der Waals surface area contributed by atoms with Crippen LogP contribution < -0.4 is 0 Å². The van der Waals surface area contributed by atoms with Crippen molar-refractivity contribution in [2.24, 2.45) is 11.8 Å². The van der Waals surface area contributed by atoms with E-state index in [1.54, 1.807) is 0 Å². The Balaban J connectivity index is 3.98. The molecule has 66 valence electrons. The van der Waals surface area contributed by atoms with E-state index in [1.807, 2.05) is 0 Å². The van der Waals surface area contributed by atoms with Gasteiger partial charge in [0.05, 0.1) is 13.0 Å². The van der Waals surface area contributed by atoms with E-state index < -0.39 is 0 Å². The summed E-state index contributed by atoms with van der Waals surface area (Å²) in [6, 6.07) is 0. The summed E-state index contributed by atoms with van der Waals surface area (Å²) < 4.78 is 4.69. The zero-order valence-electron chi connectivity index (χ0n) is 7.89. The van der Waals surface area contributed by atoms with Crippen molar-refractivity contribution in [3.8, 4) is 0 Å². The predicted molar refractivity (Wildman–Crippen MR) is 45.3 cm³/mol. The van der Waals surface area contributed by atoms with Crippen LogP contribution in [-0.2, 0) is 9.53 Å². The molecule has 0 saturated heterocycles. The van der Waals surface area contributed by atoms with Gasteiger partial charge in [0.15, 0.2) is 0 Å². The first-order chi connectivity index (χ1) is 5.13. The molecule has 2 nitrogen and oxygen atoms in total. The Bertz CT molecular complexity index is 119. The Morgan fingerprint density at radius 3 is 2.27 bits per heavy atom. The number of hydrogen-bond donors (Lipinski definition) is 0. The molecule has 0 aliphatic rings. The van der Waals surface area contributed by atoms with Gasteiger partial charge in [-0.2, -0.15) is 0 Å². The minimum atomic E-state index is -0.0677. The predicted octanol–water partition coefficient (Wildman–Crippen LogP) is 2.23. The lowest BCUT2D eigenvalue weighted by Crippen LogP contribution is -2.21. The van der Waals surface area contributed by atoms with Crippen molar-refractivity contribution in [1.82, 2.24) is 0 Å². The highest BCUT2D eigenvalue weighted by molar-refractivity contribution is 5.72. The van der Waals surface area contributed by atoms with Crippen LogP contribution in [0.5, 0.6) is 0 Å². The molecule has 0 aromatic rings. The van der Waals surface area contributed by atoms with Gasteiger partial charge in [-0.05, 0) is 12.3 Å². The molecule has 0 heterocycles. The molecule has 11 heavy (non-hydrogen) atoms. The van der Waals surface area contributed by atoms with Crippen LogP contribution >= 0.6 is 0 Å². The molecule has 0 aromatic carbocycles. The van der Waals surface area contributed by atoms with E-state index in [2.05, 4.69) is 25.5 Å². The molecule has 0 amide bonds. The van der Waals surface area contributed by atoms with Gasteiger partial charge in [0.25, 0.3) is 0 Å². The normalized spacial score (nSPS) is 13.2. The molecular formula is C9H18O2. The first-order valence-electron chi connectivity index (χ1n) is 4.21. The molecule has 0 unspecified atom stereocenters. The minimum Gasteiger partial charge on any atom is -0.469 e. The molecule has 0 saturated carbocycles. The highest BCUT2D eigenvalue weighted by Crippen LogP contribution is 2.17. The van der Waals surface area contributed by atoms with Gasteiger partial charge >= 0.3 is 5.97 Å². The van der Waals surface area contributed by atoms with Gasteiger partial charge in [-0.15, -0.1) is 0 Å². The number of esters is 1. The smallest absolute Gasteiger partial charge is 0.308 e. The maximum atomic E-state index is 11.1. The van der Waals surface area contributed by atoms with Gasteiger partial charge in [0, 0.05) is 0 Å². The van der Waals surface area contributed by atoms with E-state index in [4.69, 9.17) is 0 Å². The molecule has 0 aliphatic heterocycles. The maximum Gasteiger partial charge on any atom is 0.308 e. The van der Waals surface area contributed by atoms with Gasteiger partial charge < -0.3 is 4.74 Å². The number of hydrogen-bond acceptors (Lipinski definition) is 2. The quantitative estimate of drug-likeness (QED) is 0.586. The second-order valence-corrected chi connectivity index (χ2v) is 3.16. The van der Waals surface area contributed by atoms with E-state index in [0.29, 0.717) is 5.92 Å². The lowest BCUT2D eigenvalue weighted by molar-refractivity contribution is -0.147. The molecule has 0 bridgehead atoms. The van der Waals surface area contributed by atoms with Gasteiger partial charge in [-0.3, -0.25) is 4.79 Å². The molecule has 0 rings (SSSR count). The molecule has 0 N–H and O–H groups in total. The molecule has 2 heteroatoms. The molecule has 0 aliphatic carbocycles. The van der Waals surface area contributed by atoms with Crippen LogP contribution in [0.15, 0.2) is 0 Å². The van der Waals surface area contributed by atoms with Crippen molar-refractivity contribution in [1.29, 1.82) is 0 Å². The maximum absolute atomic E-state index is 11.1. The van der Waals surface area contributed by atoms with Crippen molar-refractivity contribution < 1.29 is 9.53 Å². The Morgan fingerprint density at radius 2 is 2.00 bits per heavy atom. The summed E-state index contributed by atoms with van der Waals surface area (Å²) in [6.07, 6.45) is 1.97. The third-order valence-corrected chi connectivity index (χ3v) is 1.91. The van der Waals surface area contributed by atoms with E-state index in [1.165, 1.54) is 7.11 Å². The van der Waals surface area contributed by atoms with Crippen molar-refractivity contribution in [2.45, 2.75) is 33.6 Å².